The summed E-state index contributed by atoms with van der Waals surface area (Å²) < 4.78 is 0. The molecule has 1 atom stereocenters. The van der Waals surface area contributed by atoms with Crippen LogP contribution in [0.2, 0.25) is 0 Å². The molecule has 19 heavy (non-hydrogen) atoms. The first-order valence-electron chi connectivity index (χ1n) is 5.84. The Labute approximate surface area is 110 Å². The highest BCUT2D eigenvalue weighted by Gasteiger charge is 2.15. The molecule has 6 heteroatoms. The van der Waals surface area contributed by atoms with E-state index < -0.39 is 4.92 Å². The van der Waals surface area contributed by atoms with Crippen molar-refractivity contribution in [2.24, 2.45) is 0 Å². The molecule has 1 aromatic heterocycles. The average Bonchev–Trinajstić information content (AvgIpc) is 2.46. The molecule has 0 bridgehead atoms. The molecule has 6 nitrogen and oxygen atoms in total. The van der Waals surface area contributed by atoms with E-state index >= 15 is 0 Å². The number of rotatable bonds is 4. The minimum Gasteiger partial charge on any atom is -0.337 e. The third-order valence-electron chi connectivity index (χ3n) is 3.01. The van der Waals surface area contributed by atoms with E-state index in [4.69, 9.17) is 0 Å². The van der Waals surface area contributed by atoms with Gasteiger partial charge in [-0.05, 0) is 12.5 Å². The van der Waals surface area contributed by atoms with E-state index in [0.29, 0.717) is 5.95 Å². The minimum absolute atomic E-state index is 0.0858. The van der Waals surface area contributed by atoms with Crippen LogP contribution in [0.5, 0.6) is 0 Å². The monoisotopic (exact) mass is 258 g/mol. The second-order valence-electron chi connectivity index (χ2n) is 4.20. The van der Waals surface area contributed by atoms with Gasteiger partial charge in [0, 0.05) is 7.05 Å². The van der Waals surface area contributed by atoms with Crippen LogP contribution >= 0.6 is 0 Å². The lowest BCUT2D eigenvalue weighted by molar-refractivity contribution is -0.385. The van der Waals surface area contributed by atoms with Crippen LogP contribution in [0.1, 0.15) is 18.5 Å². The molecule has 0 saturated carbocycles. The summed E-state index contributed by atoms with van der Waals surface area (Å²) in [5, 5.41) is 10.5. The van der Waals surface area contributed by atoms with E-state index in [0.717, 1.165) is 5.56 Å². The zero-order valence-corrected chi connectivity index (χ0v) is 10.7. The van der Waals surface area contributed by atoms with E-state index in [2.05, 4.69) is 9.97 Å². The van der Waals surface area contributed by atoms with Gasteiger partial charge in [0.25, 0.3) is 0 Å². The van der Waals surface area contributed by atoms with Gasteiger partial charge in [0.2, 0.25) is 5.95 Å². The van der Waals surface area contributed by atoms with Crippen molar-refractivity contribution in [3.05, 3.63) is 58.4 Å². The normalized spacial score (nSPS) is 11.9. The van der Waals surface area contributed by atoms with Crippen molar-refractivity contribution in [1.82, 2.24) is 9.97 Å². The molecule has 1 aromatic carbocycles. The number of anilines is 1. The number of nitrogens with zero attached hydrogens (tertiary/aromatic N) is 4. The molecular formula is C13H14N4O2. The minimum atomic E-state index is -0.510. The number of aromatic nitrogens is 2. The highest BCUT2D eigenvalue weighted by atomic mass is 16.6. The second-order valence-corrected chi connectivity index (χ2v) is 4.20. The maximum atomic E-state index is 10.5. The lowest BCUT2D eigenvalue weighted by Gasteiger charge is -2.24. The lowest BCUT2D eigenvalue weighted by atomic mass is 10.1. The van der Waals surface area contributed by atoms with Gasteiger partial charge in [-0.3, -0.25) is 10.1 Å². The summed E-state index contributed by atoms with van der Waals surface area (Å²) in [6.45, 7) is 2.03. The molecule has 0 amide bonds. The van der Waals surface area contributed by atoms with Crippen LogP contribution in [0.25, 0.3) is 0 Å². The first kappa shape index (κ1) is 12.9. The zero-order chi connectivity index (χ0) is 13.8. The van der Waals surface area contributed by atoms with Crippen LogP contribution in [-0.2, 0) is 0 Å². The Hall–Kier alpha value is -2.50. The van der Waals surface area contributed by atoms with Gasteiger partial charge in [-0.25, -0.2) is 9.97 Å². The molecule has 0 fully saturated rings. The summed E-state index contributed by atoms with van der Waals surface area (Å²) in [6, 6.07) is 10.0. The van der Waals surface area contributed by atoms with E-state index in [1.165, 1.54) is 12.4 Å². The number of benzene rings is 1. The van der Waals surface area contributed by atoms with E-state index in [1.54, 1.807) is 0 Å². The van der Waals surface area contributed by atoms with Crippen molar-refractivity contribution in [3.8, 4) is 0 Å². The van der Waals surface area contributed by atoms with Gasteiger partial charge in [0.05, 0.1) is 11.0 Å². The molecule has 0 spiro atoms. The maximum Gasteiger partial charge on any atom is 0.305 e. The average molecular weight is 258 g/mol. The Morgan fingerprint density at radius 2 is 1.79 bits per heavy atom. The zero-order valence-electron chi connectivity index (χ0n) is 10.7. The van der Waals surface area contributed by atoms with Crippen LogP contribution in [0, 0.1) is 10.1 Å². The summed E-state index contributed by atoms with van der Waals surface area (Å²) in [5.74, 6) is 0.460. The number of nitro groups is 1. The van der Waals surface area contributed by atoms with Gasteiger partial charge in [0.15, 0.2) is 0 Å². The predicted octanol–water partition coefficient (Wildman–Crippen LogP) is 2.58. The molecule has 0 N–H and O–H groups in total. The number of hydrogen-bond acceptors (Lipinski definition) is 5. The Morgan fingerprint density at radius 3 is 2.32 bits per heavy atom. The summed E-state index contributed by atoms with van der Waals surface area (Å²) in [7, 11) is 1.86. The van der Waals surface area contributed by atoms with Crippen molar-refractivity contribution in [2.45, 2.75) is 13.0 Å². The summed E-state index contributed by atoms with van der Waals surface area (Å²) in [6.07, 6.45) is 2.44. The standard InChI is InChI=1S/C13H14N4O2/c1-10(11-6-4-3-5-7-11)16(2)13-14-8-12(9-15-13)17(18)19/h3-10H,1-2H3. The molecule has 1 heterocycles. The topological polar surface area (TPSA) is 72.2 Å². The third kappa shape index (κ3) is 2.85. The maximum absolute atomic E-state index is 10.5. The Morgan fingerprint density at radius 1 is 1.21 bits per heavy atom. The van der Waals surface area contributed by atoms with Crippen molar-refractivity contribution >= 4 is 11.6 Å². The first-order valence-corrected chi connectivity index (χ1v) is 5.84. The third-order valence-corrected chi connectivity index (χ3v) is 3.01. The fourth-order valence-corrected chi connectivity index (χ4v) is 1.72. The molecule has 98 valence electrons. The van der Waals surface area contributed by atoms with Crippen molar-refractivity contribution in [2.75, 3.05) is 11.9 Å². The highest BCUT2D eigenvalue weighted by Crippen LogP contribution is 2.22. The molecule has 2 aromatic rings. The predicted molar refractivity (Wildman–Crippen MR) is 71.9 cm³/mol. The van der Waals surface area contributed by atoms with Crippen LogP contribution in [0.15, 0.2) is 42.7 Å². The van der Waals surface area contributed by atoms with Gasteiger partial charge in [0.1, 0.15) is 12.4 Å². The lowest BCUT2D eigenvalue weighted by Crippen LogP contribution is -2.23. The number of hydrogen-bond donors (Lipinski definition) is 0. The molecule has 0 aliphatic carbocycles. The molecule has 1 unspecified atom stereocenters. The van der Waals surface area contributed by atoms with E-state index in [1.807, 2.05) is 49.2 Å². The van der Waals surface area contributed by atoms with Crippen molar-refractivity contribution in [1.29, 1.82) is 0 Å². The summed E-state index contributed by atoms with van der Waals surface area (Å²) >= 11 is 0. The van der Waals surface area contributed by atoms with Gasteiger partial charge >= 0.3 is 5.69 Å². The van der Waals surface area contributed by atoms with Crippen molar-refractivity contribution in [3.63, 3.8) is 0 Å². The molecule has 0 aliphatic heterocycles. The summed E-state index contributed by atoms with van der Waals surface area (Å²) in [4.78, 5) is 20.0. The molecule has 0 aliphatic rings. The van der Waals surface area contributed by atoms with Crippen LogP contribution in [0.3, 0.4) is 0 Å². The van der Waals surface area contributed by atoms with Crippen LogP contribution < -0.4 is 4.90 Å². The Kier molecular flexibility index (Phi) is 3.70. The van der Waals surface area contributed by atoms with Gasteiger partial charge in [-0.1, -0.05) is 30.3 Å². The highest BCUT2D eigenvalue weighted by molar-refractivity contribution is 5.37. The van der Waals surface area contributed by atoms with Gasteiger partial charge in [-0.15, -0.1) is 0 Å². The Balaban J connectivity index is 2.19. The molecule has 0 saturated heterocycles. The van der Waals surface area contributed by atoms with Crippen LogP contribution in [0.4, 0.5) is 11.6 Å². The van der Waals surface area contributed by atoms with Crippen molar-refractivity contribution < 1.29 is 4.92 Å². The first-order chi connectivity index (χ1) is 9.09. The largest absolute Gasteiger partial charge is 0.337 e. The Bertz CT molecular complexity index is 557. The van der Waals surface area contributed by atoms with Gasteiger partial charge < -0.3 is 4.90 Å². The van der Waals surface area contributed by atoms with E-state index in [-0.39, 0.29) is 11.7 Å². The quantitative estimate of drug-likeness (QED) is 0.622. The van der Waals surface area contributed by atoms with Gasteiger partial charge in [-0.2, -0.15) is 0 Å². The van der Waals surface area contributed by atoms with Crippen LogP contribution in [-0.4, -0.2) is 21.9 Å². The fraction of sp³-hybridized carbons (Fsp3) is 0.231. The van der Waals surface area contributed by atoms with E-state index in [9.17, 15) is 10.1 Å². The summed E-state index contributed by atoms with van der Waals surface area (Å²) in [5.41, 5.74) is 1.02. The molecule has 2 rings (SSSR count). The SMILES string of the molecule is CC(c1ccccc1)N(C)c1ncc([N+](=O)[O-])cn1. The smallest absolute Gasteiger partial charge is 0.305 e. The second kappa shape index (κ2) is 5.43. The molecular weight excluding hydrogens is 244 g/mol. The molecule has 0 radical (unpaired) electrons. The fourth-order valence-electron chi connectivity index (χ4n) is 1.72.